The van der Waals surface area contributed by atoms with Gasteiger partial charge in [-0.05, 0) is 51.4 Å². The van der Waals surface area contributed by atoms with E-state index in [-0.39, 0.29) is 18.5 Å². The molecule has 0 aromatic heterocycles. The maximum absolute atomic E-state index is 12.5. The van der Waals surface area contributed by atoms with Gasteiger partial charge in [0.1, 0.15) is 0 Å². The van der Waals surface area contributed by atoms with Gasteiger partial charge < -0.3 is 20.3 Å². The number of hydrogen-bond acceptors (Lipinski definition) is 5. The molecule has 2 unspecified atom stereocenters. The molecule has 0 aromatic rings. The molecule has 1 amide bonds. The zero-order valence-corrected chi connectivity index (χ0v) is 52.2. The third kappa shape index (κ3) is 63.4. The predicted molar refractivity (Wildman–Crippen MR) is 338 cm³/mol. The van der Waals surface area contributed by atoms with E-state index in [9.17, 15) is 19.8 Å². The van der Waals surface area contributed by atoms with Gasteiger partial charge in [-0.1, -0.05) is 353 Å². The molecule has 3 N–H and O–H groups in total. The van der Waals surface area contributed by atoms with Crippen LogP contribution in [0.5, 0.6) is 0 Å². The number of nitrogens with one attached hydrogen (secondary N) is 1. The van der Waals surface area contributed by atoms with Gasteiger partial charge in [0.15, 0.2) is 0 Å². The summed E-state index contributed by atoms with van der Waals surface area (Å²) >= 11 is 0. The fourth-order valence-electron chi connectivity index (χ4n) is 11.1. The number of aliphatic hydroxyl groups excluding tert-OH is 2. The summed E-state index contributed by atoms with van der Waals surface area (Å²) in [4.78, 5) is 24.6. The van der Waals surface area contributed by atoms with E-state index in [0.717, 1.165) is 51.4 Å². The zero-order valence-electron chi connectivity index (χ0n) is 52.2. The number of unbranched alkanes of at least 4 members (excludes halogenated alkanes) is 51. The summed E-state index contributed by atoms with van der Waals surface area (Å²) in [5.74, 6) is -0.0233. The number of carbonyl (C=O) groups excluding carboxylic acids is 2. The molecule has 0 aliphatic carbocycles. The van der Waals surface area contributed by atoms with Crippen LogP contribution in [0.2, 0.25) is 0 Å². The van der Waals surface area contributed by atoms with Crippen molar-refractivity contribution in [2.45, 2.75) is 405 Å². The monoisotopic (exact) mass is 1080 g/mol. The van der Waals surface area contributed by atoms with Crippen LogP contribution in [0, 0.1) is 0 Å². The topological polar surface area (TPSA) is 95.9 Å². The number of hydrogen-bond donors (Lipinski definition) is 3. The second kappa shape index (κ2) is 66.8. The molecule has 0 aromatic carbocycles. The summed E-state index contributed by atoms with van der Waals surface area (Å²) < 4.78 is 5.48. The highest BCUT2D eigenvalue weighted by Crippen LogP contribution is 2.19. The number of carbonyl (C=O) groups is 2. The summed E-state index contributed by atoms with van der Waals surface area (Å²) in [7, 11) is 0. The minimum absolute atomic E-state index is 0.00478. The minimum atomic E-state index is -0.662. The van der Waals surface area contributed by atoms with Gasteiger partial charge in [0, 0.05) is 12.8 Å². The molecule has 0 saturated carbocycles. The standard InChI is InChI=1S/C71H137NO5/c1-3-5-7-9-11-13-15-17-19-20-33-36-39-43-47-51-55-59-63-69(74)68(67-73)72-70(75)64-60-56-52-48-44-40-37-34-31-29-27-25-23-21-22-24-26-28-30-32-35-38-42-46-50-54-58-62-66-77-71(76)65-61-57-53-49-45-41-18-16-14-12-10-8-6-4-2/h10,12,16,18,68-69,73-74H,3-9,11,13-15,17,19-67H2,1-2H3,(H,72,75)/b12-10-,18-16-. The van der Waals surface area contributed by atoms with Gasteiger partial charge in [0.25, 0.3) is 0 Å². The van der Waals surface area contributed by atoms with Crippen LogP contribution in [0.4, 0.5) is 0 Å². The van der Waals surface area contributed by atoms with Crippen molar-refractivity contribution in [1.29, 1.82) is 0 Å². The van der Waals surface area contributed by atoms with Crippen LogP contribution in [0.3, 0.4) is 0 Å². The minimum Gasteiger partial charge on any atom is -0.466 e. The molecule has 0 bridgehead atoms. The van der Waals surface area contributed by atoms with Crippen LogP contribution < -0.4 is 5.32 Å². The maximum Gasteiger partial charge on any atom is 0.305 e. The summed E-state index contributed by atoms with van der Waals surface area (Å²) in [5, 5.41) is 23.4. The van der Waals surface area contributed by atoms with Crippen LogP contribution in [0.1, 0.15) is 393 Å². The lowest BCUT2D eigenvalue weighted by Gasteiger charge is -2.22. The van der Waals surface area contributed by atoms with Crippen molar-refractivity contribution in [1.82, 2.24) is 5.32 Å². The van der Waals surface area contributed by atoms with E-state index >= 15 is 0 Å². The van der Waals surface area contributed by atoms with Crippen molar-refractivity contribution in [3.05, 3.63) is 24.3 Å². The fourth-order valence-corrected chi connectivity index (χ4v) is 11.1. The van der Waals surface area contributed by atoms with Gasteiger partial charge in [-0.2, -0.15) is 0 Å². The third-order valence-electron chi connectivity index (χ3n) is 16.5. The van der Waals surface area contributed by atoms with Crippen LogP contribution >= 0.6 is 0 Å². The smallest absolute Gasteiger partial charge is 0.305 e. The van der Waals surface area contributed by atoms with Crippen LogP contribution in [0.15, 0.2) is 24.3 Å². The average molecular weight is 1080 g/mol. The third-order valence-corrected chi connectivity index (χ3v) is 16.5. The fraction of sp³-hybridized carbons (Fsp3) is 0.915. The number of amides is 1. The zero-order chi connectivity index (χ0) is 55.7. The maximum atomic E-state index is 12.5. The lowest BCUT2D eigenvalue weighted by atomic mass is 10.0. The molecule has 0 aliphatic rings. The average Bonchev–Trinajstić information content (AvgIpc) is 3.43. The van der Waals surface area contributed by atoms with Crippen molar-refractivity contribution in [2.75, 3.05) is 13.2 Å². The molecule has 0 aliphatic heterocycles. The summed E-state index contributed by atoms with van der Waals surface area (Å²) in [6.45, 7) is 4.94. The van der Waals surface area contributed by atoms with Crippen molar-refractivity contribution < 1.29 is 24.5 Å². The Labute approximate surface area is 481 Å². The predicted octanol–water partition coefficient (Wildman–Crippen LogP) is 22.5. The molecular weight excluding hydrogens is 947 g/mol. The Morgan fingerprint density at radius 3 is 1.03 bits per heavy atom. The Balaban J connectivity index is 3.34. The lowest BCUT2D eigenvalue weighted by molar-refractivity contribution is -0.143. The summed E-state index contributed by atoms with van der Waals surface area (Å²) in [6.07, 6.45) is 83.7. The highest BCUT2D eigenvalue weighted by atomic mass is 16.5. The molecule has 0 fully saturated rings. The van der Waals surface area contributed by atoms with E-state index in [1.807, 2.05) is 0 Å². The number of allylic oxidation sites excluding steroid dienone is 4. The van der Waals surface area contributed by atoms with Crippen molar-refractivity contribution >= 4 is 11.9 Å². The largest absolute Gasteiger partial charge is 0.466 e. The van der Waals surface area contributed by atoms with Crippen LogP contribution in [-0.2, 0) is 14.3 Å². The number of esters is 1. The first kappa shape index (κ1) is 75.3. The van der Waals surface area contributed by atoms with Gasteiger partial charge in [-0.3, -0.25) is 9.59 Å². The molecule has 77 heavy (non-hydrogen) atoms. The van der Waals surface area contributed by atoms with E-state index in [1.54, 1.807) is 0 Å². The molecule has 0 saturated heterocycles. The molecule has 6 heteroatoms. The quantitative estimate of drug-likeness (QED) is 0.0320. The Hall–Kier alpha value is -1.66. The van der Waals surface area contributed by atoms with Crippen molar-refractivity contribution in [2.24, 2.45) is 0 Å². The van der Waals surface area contributed by atoms with Crippen molar-refractivity contribution in [3.63, 3.8) is 0 Å². The Bertz CT molecular complexity index is 1200. The van der Waals surface area contributed by atoms with Crippen molar-refractivity contribution in [3.8, 4) is 0 Å². The Morgan fingerprint density at radius 1 is 0.364 bits per heavy atom. The SMILES string of the molecule is CCCC/C=C\C/C=C\CCCCCCCC(=O)OCCCCCCCCCCCCCCCCCCCCCCCCCCCCCCC(=O)NC(CO)C(O)CCCCCCCCCCCCCCCCCCCC. The molecule has 2 atom stereocenters. The van der Waals surface area contributed by atoms with Gasteiger partial charge >= 0.3 is 5.97 Å². The molecule has 0 radical (unpaired) electrons. The molecule has 456 valence electrons. The van der Waals surface area contributed by atoms with Gasteiger partial charge in [0.05, 0.1) is 25.4 Å². The Kier molecular flexibility index (Phi) is 65.4. The summed E-state index contributed by atoms with van der Waals surface area (Å²) in [5.41, 5.74) is 0. The van der Waals surface area contributed by atoms with Gasteiger partial charge in [0.2, 0.25) is 5.91 Å². The van der Waals surface area contributed by atoms with E-state index in [4.69, 9.17) is 4.74 Å². The molecule has 0 heterocycles. The number of aliphatic hydroxyl groups is 2. The van der Waals surface area contributed by atoms with Gasteiger partial charge in [-0.25, -0.2) is 0 Å². The first-order valence-corrected chi connectivity index (χ1v) is 35.1. The molecule has 0 spiro atoms. The first-order chi connectivity index (χ1) is 38.0. The Morgan fingerprint density at radius 2 is 0.662 bits per heavy atom. The highest BCUT2D eigenvalue weighted by Gasteiger charge is 2.20. The van der Waals surface area contributed by atoms with E-state index in [1.165, 1.54) is 308 Å². The molecular formula is C71H137NO5. The van der Waals surface area contributed by atoms with Crippen LogP contribution in [0.25, 0.3) is 0 Å². The first-order valence-electron chi connectivity index (χ1n) is 35.1. The van der Waals surface area contributed by atoms with E-state index < -0.39 is 12.1 Å². The summed E-state index contributed by atoms with van der Waals surface area (Å²) in [6, 6.07) is -0.539. The van der Waals surface area contributed by atoms with E-state index in [2.05, 4.69) is 43.5 Å². The normalized spacial score (nSPS) is 12.6. The van der Waals surface area contributed by atoms with Crippen LogP contribution in [-0.4, -0.2) is 47.4 Å². The highest BCUT2D eigenvalue weighted by molar-refractivity contribution is 5.76. The van der Waals surface area contributed by atoms with Gasteiger partial charge in [-0.15, -0.1) is 0 Å². The second-order valence-corrected chi connectivity index (χ2v) is 24.2. The number of rotatable bonds is 66. The molecule has 0 rings (SSSR count). The molecule has 6 nitrogen and oxygen atoms in total. The van der Waals surface area contributed by atoms with E-state index in [0.29, 0.717) is 25.9 Å². The second-order valence-electron chi connectivity index (χ2n) is 24.2. The number of ether oxygens (including phenoxy) is 1. The lowest BCUT2D eigenvalue weighted by Crippen LogP contribution is -2.45.